The summed E-state index contributed by atoms with van der Waals surface area (Å²) < 4.78 is 0. The second-order valence-electron chi connectivity index (χ2n) is 5.86. The first kappa shape index (κ1) is 13.5. The van der Waals surface area contributed by atoms with Gasteiger partial charge in [0.15, 0.2) is 0 Å². The molecule has 1 aliphatic carbocycles. The van der Waals surface area contributed by atoms with Crippen LogP contribution in [0.5, 0.6) is 0 Å². The summed E-state index contributed by atoms with van der Waals surface area (Å²) in [7, 11) is 0. The lowest BCUT2D eigenvalue weighted by atomic mass is 9.92. The minimum Gasteiger partial charge on any atom is -0.352 e. The third-order valence-corrected chi connectivity index (χ3v) is 3.56. The van der Waals surface area contributed by atoms with E-state index < -0.39 is 0 Å². The summed E-state index contributed by atoms with van der Waals surface area (Å²) >= 11 is 0. The molecular formula is C13H26N2O. The first-order chi connectivity index (χ1) is 7.43. The van der Waals surface area contributed by atoms with Gasteiger partial charge in [0, 0.05) is 12.1 Å². The molecule has 0 bridgehead atoms. The standard InChI is InChI=1S/C13H26N2O/c1-5-10(2)14-9-12(16)15-11-6-7-13(3,4)8-11/h10-11,14H,5-9H2,1-4H3,(H,15,16). The quantitative estimate of drug-likeness (QED) is 0.753. The number of hydrogen-bond donors (Lipinski definition) is 2. The number of nitrogens with one attached hydrogen (secondary N) is 2. The lowest BCUT2D eigenvalue weighted by molar-refractivity contribution is -0.121. The van der Waals surface area contributed by atoms with Gasteiger partial charge < -0.3 is 10.6 Å². The molecule has 94 valence electrons. The third-order valence-electron chi connectivity index (χ3n) is 3.56. The van der Waals surface area contributed by atoms with E-state index in [-0.39, 0.29) is 5.91 Å². The van der Waals surface area contributed by atoms with Crippen molar-refractivity contribution in [3.05, 3.63) is 0 Å². The largest absolute Gasteiger partial charge is 0.352 e. The summed E-state index contributed by atoms with van der Waals surface area (Å²) in [5.41, 5.74) is 0.405. The fraction of sp³-hybridized carbons (Fsp3) is 0.923. The highest BCUT2D eigenvalue weighted by Gasteiger charge is 2.31. The Kier molecular flexibility index (Phi) is 4.78. The molecule has 0 radical (unpaired) electrons. The minimum atomic E-state index is 0.142. The molecule has 1 amide bonds. The van der Waals surface area contributed by atoms with E-state index in [4.69, 9.17) is 0 Å². The van der Waals surface area contributed by atoms with E-state index in [0.29, 0.717) is 24.0 Å². The van der Waals surface area contributed by atoms with Crippen LogP contribution in [0.3, 0.4) is 0 Å². The van der Waals surface area contributed by atoms with E-state index >= 15 is 0 Å². The Morgan fingerprint density at radius 3 is 2.69 bits per heavy atom. The van der Waals surface area contributed by atoms with Crippen molar-refractivity contribution in [1.29, 1.82) is 0 Å². The zero-order valence-electron chi connectivity index (χ0n) is 11.1. The van der Waals surface area contributed by atoms with Gasteiger partial charge in [-0.3, -0.25) is 4.79 Å². The predicted molar refractivity (Wildman–Crippen MR) is 67.3 cm³/mol. The number of rotatable bonds is 5. The maximum atomic E-state index is 11.7. The zero-order chi connectivity index (χ0) is 12.2. The van der Waals surface area contributed by atoms with E-state index in [1.165, 1.54) is 6.42 Å². The van der Waals surface area contributed by atoms with Gasteiger partial charge in [0.2, 0.25) is 5.91 Å². The number of carbonyl (C=O) groups excluding carboxylic acids is 1. The van der Waals surface area contributed by atoms with Crippen LogP contribution >= 0.6 is 0 Å². The molecule has 1 aliphatic rings. The normalized spacial score (nSPS) is 25.4. The van der Waals surface area contributed by atoms with Crippen molar-refractivity contribution in [2.75, 3.05) is 6.54 Å². The third kappa shape index (κ3) is 4.52. The summed E-state index contributed by atoms with van der Waals surface area (Å²) in [6.07, 6.45) is 4.52. The van der Waals surface area contributed by atoms with Crippen molar-refractivity contribution in [2.24, 2.45) is 5.41 Å². The van der Waals surface area contributed by atoms with Crippen molar-refractivity contribution < 1.29 is 4.79 Å². The number of hydrogen-bond acceptors (Lipinski definition) is 2. The topological polar surface area (TPSA) is 41.1 Å². The Bertz CT molecular complexity index is 238. The van der Waals surface area contributed by atoms with E-state index in [0.717, 1.165) is 19.3 Å². The molecule has 0 aliphatic heterocycles. The molecule has 3 nitrogen and oxygen atoms in total. The summed E-state index contributed by atoms with van der Waals surface area (Å²) in [6, 6.07) is 0.812. The summed E-state index contributed by atoms with van der Waals surface area (Å²) in [5, 5.41) is 6.33. The van der Waals surface area contributed by atoms with E-state index in [1.807, 2.05) is 0 Å². The molecular weight excluding hydrogens is 200 g/mol. The van der Waals surface area contributed by atoms with Crippen LogP contribution in [-0.2, 0) is 4.79 Å². The second-order valence-corrected chi connectivity index (χ2v) is 5.86. The number of carbonyl (C=O) groups is 1. The van der Waals surface area contributed by atoms with Gasteiger partial charge in [0.1, 0.15) is 0 Å². The molecule has 0 aromatic heterocycles. The van der Waals surface area contributed by atoms with Crippen molar-refractivity contribution >= 4 is 5.91 Å². The number of amides is 1. The summed E-state index contributed by atoms with van der Waals surface area (Å²) in [4.78, 5) is 11.7. The van der Waals surface area contributed by atoms with E-state index in [9.17, 15) is 4.79 Å². The van der Waals surface area contributed by atoms with Crippen LogP contribution in [0, 0.1) is 5.41 Å². The van der Waals surface area contributed by atoms with Gasteiger partial charge >= 0.3 is 0 Å². The first-order valence-corrected chi connectivity index (χ1v) is 6.45. The zero-order valence-corrected chi connectivity index (χ0v) is 11.1. The Balaban J connectivity index is 2.20. The van der Waals surface area contributed by atoms with Crippen LogP contribution in [0.4, 0.5) is 0 Å². The van der Waals surface area contributed by atoms with Gasteiger partial charge in [-0.25, -0.2) is 0 Å². The fourth-order valence-electron chi connectivity index (χ4n) is 2.25. The summed E-state index contributed by atoms with van der Waals surface area (Å²) in [5.74, 6) is 0.142. The smallest absolute Gasteiger partial charge is 0.234 e. The van der Waals surface area contributed by atoms with Crippen molar-refractivity contribution in [2.45, 2.75) is 65.5 Å². The van der Waals surface area contributed by atoms with Gasteiger partial charge in [0.05, 0.1) is 6.54 Å². The van der Waals surface area contributed by atoms with E-state index in [1.54, 1.807) is 0 Å². The average Bonchev–Trinajstić information content (AvgIpc) is 2.54. The fourth-order valence-corrected chi connectivity index (χ4v) is 2.25. The van der Waals surface area contributed by atoms with Crippen LogP contribution in [0.1, 0.15) is 53.4 Å². The highest BCUT2D eigenvalue weighted by molar-refractivity contribution is 5.78. The molecule has 0 spiro atoms. The van der Waals surface area contributed by atoms with Gasteiger partial charge in [-0.15, -0.1) is 0 Å². The Hall–Kier alpha value is -0.570. The van der Waals surface area contributed by atoms with Crippen LogP contribution in [0.2, 0.25) is 0 Å². The van der Waals surface area contributed by atoms with Gasteiger partial charge in [0.25, 0.3) is 0 Å². The van der Waals surface area contributed by atoms with Crippen molar-refractivity contribution in [3.8, 4) is 0 Å². The highest BCUT2D eigenvalue weighted by atomic mass is 16.1. The molecule has 2 unspecified atom stereocenters. The molecule has 16 heavy (non-hydrogen) atoms. The Labute approximate surface area is 99.4 Å². The Morgan fingerprint density at radius 1 is 1.50 bits per heavy atom. The molecule has 1 rings (SSSR count). The second kappa shape index (κ2) is 5.67. The molecule has 2 N–H and O–H groups in total. The lowest BCUT2D eigenvalue weighted by Gasteiger charge is -2.18. The van der Waals surface area contributed by atoms with Crippen LogP contribution in [-0.4, -0.2) is 24.5 Å². The molecule has 0 aromatic carbocycles. The molecule has 0 aromatic rings. The highest BCUT2D eigenvalue weighted by Crippen LogP contribution is 2.36. The molecule has 1 saturated carbocycles. The maximum absolute atomic E-state index is 11.7. The van der Waals surface area contributed by atoms with Crippen LogP contribution in [0.25, 0.3) is 0 Å². The predicted octanol–water partition coefficient (Wildman–Crippen LogP) is 2.07. The van der Waals surface area contributed by atoms with E-state index in [2.05, 4.69) is 38.3 Å². The Morgan fingerprint density at radius 2 is 2.19 bits per heavy atom. The summed E-state index contributed by atoms with van der Waals surface area (Å²) in [6.45, 7) is 9.22. The SMILES string of the molecule is CCC(C)NCC(=O)NC1CCC(C)(C)C1. The van der Waals surface area contributed by atoms with Crippen molar-refractivity contribution in [1.82, 2.24) is 10.6 Å². The first-order valence-electron chi connectivity index (χ1n) is 6.45. The molecule has 0 heterocycles. The molecule has 3 heteroatoms. The molecule has 0 saturated heterocycles. The van der Waals surface area contributed by atoms with Gasteiger partial charge in [-0.05, 0) is 38.0 Å². The molecule has 2 atom stereocenters. The maximum Gasteiger partial charge on any atom is 0.234 e. The van der Waals surface area contributed by atoms with Gasteiger partial charge in [-0.2, -0.15) is 0 Å². The van der Waals surface area contributed by atoms with Crippen molar-refractivity contribution in [3.63, 3.8) is 0 Å². The van der Waals surface area contributed by atoms with Gasteiger partial charge in [-0.1, -0.05) is 20.8 Å². The molecule has 1 fully saturated rings. The average molecular weight is 226 g/mol. The van der Waals surface area contributed by atoms with Crippen LogP contribution in [0.15, 0.2) is 0 Å². The minimum absolute atomic E-state index is 0.142. The monoisotopic (exact) mass is 226 g/mol. The lowest BCUT2D eigenvalue weighted by Crippen LogP contribution is -2.41. The van der Waals surface area contributed by atoms with Crippen LogP contribution < -0.4 is 10.6 Å².